The van der Waals surface area contributed by atoms with Gasteiger partial charge in [-0.05, 0) is 18.3 Å². The summed E-state index contributed by atoms with van der Waals surface area (Å²) < 4.78 is 5.05. The average Bonchev–Trinajstić information content (AvgIpc) is 1.82. The first-order valence-corrected chi connectivity index (χ1v) is 4.97. The van der Waals surface area contributed by atoms with Crippen molar-refractivity contribution in [2.24, 2.45) is 17.3 Å². The number of hydrogen-bond acceptors (Lipinski definition) is 2. The van der Waals surface area contributed by atoms with E-state index in [-0.39, 0.29) is 17.3 Å². The van der Waals surface area contributed by atoms with Crippen molar-refractivity contribution in [3.8, 4) is 0 Å². The van der Waals surface area contributed by atoms with Crippen LogP contribution in [0.25, 0.3) is 0 Å². The van der Waals surface area contributed by atoms with Crippen molar-refractivity contribution in [1.29, 1.82) is 0 Å². The molecule has 78 valence electrons. The van der Waals surface area contributed by atoms with Crippen LogP contribution in [0.2, 0.25) is 0 Å². The molecular formula is C11H22O2. The van der Waals surface area contributed by atoms with Crippen LogP contribution < -0.4 is 0 Å². The largest absolute Gasteiger partial charge is 0.466 e. The molecule has 0 aliphatic heterocycles. The van der Waals surface area contributed by atoms with Crippen molar-refractivity contribution < 1.29 is 9.53 Å². The van der Waals surface area contributed by atoms with Gasteiger partial charge in [-0.1, -0.05) is 34.6 Å². The number of rotatable bonds is 3. The molecule has 0 aromatic rings. The normalized spacial score (nSPS) is 14.4. The molecule has 0 rings (SSSR count). The van der Waals surface area contributed by atoms with Crippen molar-refractivity contribution in [3.05, 3.63) is 0 Å². The second-order valence-corrected chi connectivity index (χ2v) is 4.84. The second kappa shape index (κ2) is 4.64. The van der Waals surface area contributed by atoms with Gasteiger partial charge in [0.05, 0.1) is 12.5 Å². The number of esters is 1. The summed E-state index contributed by atoms with van der Waals surface area (Å²) in [6.07, 6.45) is 0. The minimum absolute atomic E-state index is 0.00699. The molecule has 2 nitrogen and oxygen atoms in total. The summed E-state index contributed by atoms with van der Waals surface area (Å²) in [5.74, 6) is 0.261. The van der Waals surface area contributed by atoms with E-state index in [1.165, 1.54) is 0 Å². The van der Waals surface area contributed by atoms with E-state index >= 15 is 0 Å². The predicted molar refractivity (Wildman–Crippen MR) is 54.4 cm³/mol. The minimum Gasteiger partial charge on any atom is -0.466 e. The average molecular weight is 186 g/mol. The summed E-state index contributed by atoms with van der Waals surface area (Å²) in [4.78, 5) is 11.6. The molecule has 0 aromatic heterocycles. The molecule has 0 saturated heterocycles. The van der Waals surface area contributed by atoms with Crippen LogP contribution in [-0.2, 0) is 9.53 Å². The van der Waals surface area contributed by atoms with Crippen LogP contribution in [-0.4, -0.2) is 12.6 Å². The predicted octanol–water partition coefficient (Wildman–Crippen LogP) is 2.87. The molecule has 1 atom stereocenters. The molecule has 0 aromatic carbocycles. The summed E-state index contributed by atoms with van der Waals surface area (Å²) in [6, 6.07) is 0. The Labute approximate surface area is 81.7 Å². The van der Waals surface area contributed by atoms with E-state index in [0.717, 1.165) is 0 Å². The quantitative estimate of drug-likeness (QED) is 0.633. The number of hydrogen-bond donors (Lipinski definition) is 0. The van der Waals surface area contributed by atoms with E-state index in [1.807, 2.05) is 6.92 Å². The molecule has 13 heavy (non-hydrogen) atoms. The Morgan fingerprint density at radius 2 is 1.77 bits per heavy atom. The van der Waals surface area contributed by atoms with Crippen molar-refractivity contribution in [2.45, 2.75) is 41.5 Å². The van der Waals surface area contributed by atoms with E-state index in [4.69, 9.17) is 4.74 Å². The number of ether oxygens (including phenoxy) is 1. The molecule has 0 N–H and O–H groups in total. The molecule has 0 unspecified atom stereocenters. The molecule has 0 saturated carbocycles. The highest BCUT2D eigenvalue weighted by atomic mass is 16.5. The van der Waals surface area contributed by atoms with E-state index in [1.54, 1.807) is 0 Å². The van der Waals surface area contributed by atoms with Gasteiger partial charge in [-0.25, -0.2) is 0 Å². The third-order valence-electron chi connectivity index (χ3n) is 2.14. The fourth-order valence-corrected chi connectivity index (χ4v) is 1.86. The Morgan fingerprint density at radius 1 is 1.31 bits per heavy atom. The molecule has 2 heteroatoms. The molecule has 0 amide bonds. The maximum atomic E-state index is 11.6. The summed E-state index contributed by atoms with van der Waals surface area (Å²) in [5.41, 5.74) is -0.0135. The lowest BCUT2D eigenvalue weighted by Crippen LogP contribution is -2.34. The number of carbonyl (C=O) groups excluding carboxylic acids is 1. The standard InChI is InChI=1S/C11H22O2/c1-7-13-10(12)9(8(2)3)11(4,5)6/h8-9H,7H2,1-6H3/t9-/m0/s1. The van der Waals surface area contributed by atoms with Crippen molar-refractivity contribution in [2.75, 3.05) is 6.61 Å². The van der Waals surface area contributed by atoms with Crippen LogP contribution >= 0.6 is 0 Å². The van der Waals surface area contributed by atoms with Crippen molar-refractivity contribution in [3.63, 3.8) is 0 Å². The Kier molecular flexibility index (Phi) is 4.45. The Hall–Kier alpha value is -0.530. The van der Waals surface area contributed by atoms with Gasteiger partial charge in [0, 0.05) is 0 Å². The molecule has 0 aliphatic rings. The first-order valence-electron chi connectivity index (χ1n) is 4.97. The summed E-state index contributed by atoms with van der Waals surface area (Å²) in [6.45, 7) is 12.7. The highest BCUT2D eigenvalue weighted by molar-refractivity contribution is 5.73. The molecule has 0 fully saturated rings. The van der Waals surface area contributed by atoms with Gasteiger partial charge < -0.3 is 4.74 Å². The SMILES string of the molecule is CCOC(=O)[C@H](C(C)C)C(C)(C)C. The van der Waals surface area contributed by atoms with Gasteiger partial charge in [-0.2, -0.15) is 0 Å². The van der Waals surface area contributed by atoms with Crippen molar-refractivity contribution >= 4 is 5.97 Å². The fraction of sp³-hybridized carbons (Fsp3) is 0.909. The first kappa shape index (κ1) is 12.5. The Bertz CT molecular complexity index is 165. The lowest BCUT2D eigenvalue weighted by Gasteiger charge is -2.31. The van der Waals surface area contributed by atoms with Crippen LogP contribution in [0.4, 0.5) is 0 Å². The molecule has 0 bridgehead atoms. The van der Waals surface area contributed by atoms with Gasteiger partial charge in [0.1, 0.15) is 0 Å². The lowest BCUT2D eigenvalue weighted by molar-refractivity contribution is -0.154. The van der Waals surface area contributed by atoms with Crippen LogP contribution in [0, 0.1) is 17.3 Å². The van der Waals surface area contributed by atoms with Crippen LogP contribution in [0.5, 0.6) is 0 Å². The summed E-state index contributed by atoms with van der Waals surface area (Å²) in [7, 11) is 0. The van der Waals surface area contributed by atoms with Gasteiger partial charge in [-0.3, -0.25) is 4.79 Å². The summed E-state index contributed by atoms with van der Waals surface area (Å²) in [5, 5.41) is 0. The molecule has 0 aliphatic carbocycles. The van der Waals surface area contributed by atoms with Crippen LogP contribution in [0.15, 0.2) is 0 Å². The molecule has 0 heterocycles. The zero-order valence-corrected chi connectivity index (χ0v) is 9.68. The maximum Gasteiger partial charge on any atom is 0.309 e. The van der Waals surface area contributed by atoms with Gasteiger partial charge in [-0.15, -0.1) is 0 Å². The third kappa shape index (κ3) is 3.79. The number of carbonyl (C=O) groups is 1. The monoisotopic (exact) mass is 186 g/mol. The van der Waals surface area contributed by atoms with Crippen molar-refractivity contribution in [1.82, 2.24) is 0 Å². The Balaban J connectivity index is 4.52. The van der Waals surface area contributed by atoms with Gasteiger partial charge >= 0.3 is 5.97 Å². The van der Waals surface area contributed by atoms with E-state index in [0.29, 0.717) is 12.5 Å². The lowest BCUT2D eigenvalue weighted by atomic mass is 9.74. The second-order valence-electron chi connectivity index (χ2n) is 4.84. The highest BCUT2D eigenvalue weighted by Crippen LogP contribution is 2.32. The van der Waals surface area contributed by atoms with Gasteiger partial charge in [0.2, 0.25) is 0 Å². The fourth-order valence-electron chi connectivity index (χ4n) is 1.86. The van der Waals surface area contributed by atoms with Gasteiger partial charge in [0.25, 0.3) is 0 Å². The summed E-state index contributed by atoms with van der Waals surface area (Å²) >= 11 is 0. The molecule has 0 spiro atoms. The maximum absolute atomic E-state index is 11.6. The van der Waals surface area contributed by atoms with E-state index < -0.39 is 0 Å². The smallest absolute Gasteiger partial charge is 0.309 e. The van der Waals surface area contributed by atoms with E-state index in [2.05, 4.69) is 34.6 Å². The highest BCUT2D eigenvalue weighted by Gasteiger charge is 2.34. The minimum atomic E-state index is -0.0648. The molecule has 0 radical (unpaired) electrons. The Morgan fingerprint density at radius 3 is 2.00 bits per heavy atom. The molecular weight excluding hydrogens is 164 g/mol. The third-order valence-corrected chi connectivity index (χ3v) is 2.14. The van der Waals surface area contributed by atoms with Gasteiger partial charge in [0.15, 0.2) is 0 Å². The van der Waals surface area contributed by atoms with Crippen LogP contribution in [0.3, 0.4) is 0 Å². The zero-order valence-electron chi connectivity index (χ0n) is 9.68. The van der Waals surface area contributed by atoms with E-state index in [9.17, 15) is 4.79 Å². The zero-order chi connectivity index (χ0) is 10.6. The topological polar surface area (TPSA) is 26.3 Å². The van der Waals surface area contributed by atoms with Crippen LogP contribution in [0.1, 0.15) is 41.5 Å². The first-order chi connectivity index (χ1) is 5.80.